The summed E-state index contributed by atoms with van der Waals surface area (Å²) in [5, 5.41) is 2.72. The van der Waals surface area contributed by atoms with Crippen molar-refractivity contribution < 1.29 is 4.79 Å². The smallest absolute Gasteiger partial charge is 0.332 e. The Morgan fingerprint density at radius 3 is 2.25 bits per heavy atom. The molecule has 24 heavy (non-hydrogen) atoms. The highest BCUT2D eigenvalue weighted by Crippen LogP contribution is 2.25. The largest absolute Gasteiger partial charge is 0.383 e. The zero-order valence-corrected chi connectivity index (χ0v) is 14.6. The predicted octanol–water partition coefficient (Wildman–Crippen LogP) is 1.93. The van der Waals surface area contributed by atoms with Crippen LogP contribution in [0.25, 0.3) is 0 Å². The van der Waals surface area contributed by atoms with E-state index in [-0.39, 0.29) is 23.3 Å². The SMILES string of the molecule is CCCn1c(N)c(NC(=O)C2CCCCC2)c(=O)n(CCC)c1=O. The van der Waals surface area contributed by atoms with Crippen molar-refractivity contribution in [1.82, 2.24) is 9.13 Å². The molecule has 1 saturated carbocycles. The van der Waals surface area contributed by atoms with Crippen LogP contribution in [0, 0.1) is 5.92 Å². The van der Waals surface area contributed by atoms with E-state index in [0.29, 0.717) is 25.9 Å². The minimum absolute atomic E-state index is 0.0482. The number of carbonyl (C=O) groups is 1. The van der Waals surface area contributed by atoms with Crippen LogP contribution in [0.2, 0.25) is 0 Å². The van der Waals surface area contributed by atoms with Gasteiger partial charge in [-0.3, -0.25) is 18.7 Å². The summed E-state index contributed by atoms with van der Waals surface area (Å²) >= 11 is 0. The second-order valence-electron chi connectivity index (χ2n) is 6.48. The Hall–Kier alpha value is -2.05. The molecular formula is C17H28N4O3. The van der Waals surface area contributed by atoms with Crippen molar-refractivity contribution in [2.75, 3.05) is 11.1 Å². The number of nitrogens with two attached hydrogens (primary N) is 1. The number of rotatable bonds is 6. The molecule has 1 fully saturated rings. The van der Waals surface area contributed by atoms with Gasteiger partial charge in [-0.1, -0.05) is 33.1 Å². The van der Waals surface area contributed by atoms with Crippen molar-refractivity contribution in [2.45, 2.75) is 71.9 Å². The van der Waals surface area contributed by atoms with E-state index in [1.54, 1.807) is 0 Å². The summed E-state index contributed by atoms with van der Waals surface area (Å²) in [5.41, 5.74) is 5.19. The minimum Gasteiger partial charge on any atom is -0.383 e. The highest BCUT2D eigenvalue weighted by molar-refractivity contribution is 5.94. The van der Waals surface area contributed by atoms with E-state index in [4.69, 9.17) is 5.73 Å². The van der Waals surface area contributed by atoms with Crippen molar-refractivity contribution >= 4 is 17.4 Å². The first-order valence-corrected chi connectivity index (χ1v) is 8.95. The molecule has 1 aliphatic carbocycles. The van der Waals surface area contributed by atoms with Crippen LogP contribution in [0.1, 0.15) is 58.8 Å². The van der Waals surface area contributed by atoms with Gasteiger partial charge in [-0.15, -0.1) is 0 Å². The number of nitrogen functional groups attached to an aromatic ring is 1. The number of anilines is 2. The molecule has 0 atom stereocenters. The van der Waals surface area contributed by atoms with Gasteiger partial charge in [0, 0.05) is 19.0 Å². The van der Waals surface area contributed by atoms with Crippen LogP contribution in [0.5, 0.6) is 0 Å². The fraction of sp³-hybridized carbons (Fsp3) is 0.706. The molecule has 0 saturated heterocycles. The Morgan fingerprint density at radius 1 is 1.08 bits per heavy atom. The Morgan fingerprint density at radius 2 is 1.67 bits per heavy atom. The Bertz CT molecular complexity index is 699. The molecule has 134 valence electrons. The van der Waals surface area contributed by atoms with Gasteiger partial charge >= 0.3 is 5.69 Å². The molecule has 0 aromatic carbocycles. The van der Waals surface area contributed by atoms with Gasteiger partial charge in [0.1, 0.15) is 11.5 Å². The highest BCUT2D eigenvalue weighted by atomic mass is 16.2. The Kier molecular flexibility index (Phi) is 6.23. The lowest BCUT2D eigenvalue weighted by Crippen LogP contribution is -2.43. The lowest BCUT2D eigenvalue weighted by atomic mass is 9.88. The number of nitrogens with one attached hydrogen (secondary N) is 1. The second-order valence-corrected chi connectivity index (χ2v) is 6.48. The molecule has 0 aliphatic heterocycles. The standard InChI is InChI=1S/C17H28N4O3/c1-3-10-20-14(18)13(16(23)21(11-4-2)17(20)24)19-15(22)12-8-6-5-7-9-12/h12H,3-11,18H2,1-2H3,(H,19,22). The average Bonchev–Trinajstić information content (AvgIpc) is 2.60. The summed E-state index contributed by atoms with van der Waals surface area (Å²) < 4.78 is 2.55. The molecule has 3 N–H and O–H groups in total. The van der Waals surface area contributed by atoms with Gasteiger partial charge in [0.05, 0.1) is 0 Å². The molecule has 0 radical (unpaired) electrons. The Labute approximate surface area is 141 Å². The van der Waals surface area contributed by atoms with Crippen LogP contribution in [0.15, 0.2) is 9.59 Å². The van der Waals surface area contributed by atoms with E-state index < -0.39 is 11.2 Å². The van der Waals surface area contributed by atoms with Crippen molar-refractivity contribution in [2.24, 2.45) is 5.92 Å². The third kappa shape index (κ3) is 3.71. The summed E-state index contributed by atoms with van der Waals surface area (Å²) in [6, 6.07) is 0. The van der Waals surface area contributed by atoms with Gasteiger partial charge in [0.2, 0.25) is 5.91 Å². The maximum Gasteiger partial charge on any atom is 0.332 e. The van der Waals surface area contributed by atoms with E-state index in [1.807, 2.05) is 13.8 Å². The number of hydrogen-bond donors (Lipinski definition) is 2. The maximum absolute atomic E-state index is 12.6. The highest BCUT2D eigenvalue weighted by Gasteiger charge is 2.24. The van der Waals surface area contributed by atoms with Crippen LogP contribution in [0.4, 0.5) is 11.5 Å². The van der Waals surface area contributed by atoms with E-state index in [0.717, 1.165) is 32.1 Å². The first-order chi connectivity index (χ1) is 11.5. The topological polar surface area (TPSA) is 99.1 Å². The Balaban J connectivity index is 2.42. The number of carbonyl (C=O) groups excluding carboxylic acids is 1. The van der Waals surface area contributed by atoms with Gasteiger partial charge in [-0.25, -0.2) is 4.79 Å². The summed E-state index contributed by atoms with van der Waals surface area (Å²) in [6.45, 7) is 4.56. The normalized spacial score (nSPS) is 15.4. The lowest BCUT2D eigenvalue weighted by Gasteiger charge is -2.22. The molecule has 1 amide bonds. The lowest BCUT2D eigenvalue weighted by molar-refractivity contribution is -0.120. The molecule has 7 nitrogen and oxygen atoms in total. The first kappa shape index (κ1) is 18.3. The van der Waals surface area contributed by atoms with Crippen LogP contribution in [0.3, 0.4) is 0 Å². The third-order valence-electron chi connectivity index (χ3n) is 4.59. The number of aromatic nitrogens is 2. The van der Waals surface area contributed by atoms with Crippen LogP contribution in [-0.2, 0) is 17.9 Å². The van der Waals surface area contributed by atoms with E-state index in [1.165, 1.54) is 9.13 Å². The maximum atomic E-state index is 12.6. The van der Waals surface area contributed by atoms with Gasteiger partial charge in [0.25, 0.3) is 5.56 Å². The van der Waals surface area contributed by atoms with Crippen LogP contribution >= 0.6 is 0 Å². The minimum atomic E-state index is -0.504. The third-order valence-corrected chi connectivity index (χ3v) is 4.59. The van der Waals surface area contributed by atoms with E-state index in [9.17, 15) is 14.4 Å². The van der Waals surface area contributed by atoms with Crippen molar-refractivity contribution in [3.63, 3.8) is 0 Å². The summed E-state index contributed by atoms with van der Waals surface area (Å²) in [5.74, 6) is -0.185. The predicted molar refractivity (Wildman–Crippen MR) is 95.2 cm³/mol. The fourth-order valence-electron chi connectivity index (χ4n) is 3.28. The van der Waals surface area contributed by atoms with Crippen molar-refractivity contribution in [3.8, 4) is 0 Å². The molecule has 2 rings (SSSR count). The van der Waals surface area contributed by atoms with E-state index >= 15 is 0 Å². The fourth-order valence-corrected chi connectivity index (χ4v) is 3.28. The zero-order chi connectivity index (χ0) is 17.7. The number of nitrogens with zero attached hydrogens (tertiary/aromatic N) is 2. The summed E-state index contributed by atoms with van der Waals surface area (Å²) in [6.07, 6.45) is 6.25. The molecule has 7 heteroatoms. The van der Waals surface area contributed by atoms with Gasteiger partial charge in [-0.05, 0) is 25.7 Å². The molecule has 1 aromatic rings. The molecular weight excluding hydrogens is 308 g/mol. The monoisotopic (exact) mass is 336 g/mol. The van der Waals surface area contributed by atoms with Crippen molar-refractivity contribution in [1.29, 1.82) is 0 Å². The number of hydrogen-bond acceptors (Lipinski definition) is 4. The van der Waals surface area contributed by atoms with E-state index in [2.05, 4.69) is 5.32 Å². The van der Waals surface area contributed by atoms with Crippen LogP contribution in [-0.4, -0.2) is 15.0 Å². The first-order valence-electron chi connectivity index (χ1n) is 8.95. The molecule has 1 aromatic heterocycles. The quantitative estimate of drug-likeness (QED) is 0.829. The molecule has 1 heterocycles. The van der Waals surface area contributed by atoms with Crippen molar-refractivity contribution in [3.05, 3.63) is 20.8 Å². The molecule has 1 aliphatic rings. The molecule has 0 spiro atoms. The second kappa shape index (κ2) is 8.17. The zero-order valence-electron chi connectivity index (χ0n) is 14.6. The van der Waals surface area contributed by atoms with Gasteiger partial charge in [-0.2, -0.15) is 0 Å². The van der Waals surface area contributed by atoms with Gasteiger partial charge < -0.3 is 11.1 Å². The molecule has 0 unspecified atom stereocenters. The average molecular weight is 336 g/mol. The summed E-state index contributed by atoms with van der Waals surface area (Å²) in [4.78, 5) is 37.6. The molecule has 0 bridgehead atoms. The van der Waals surface area contributed by atoms with Gasteiger partial charge in [0.15, 0.2) is 0 Å². The van der Waals surface area contributed by atoms with Crippen LogP contribution < -0.4 is 22.3 Å². The summed E-state index contributed by atoms with van der Waals surface area (Å²) in [7, 11) is 0. The number of amides is 1.